The van der Waals surface area contributed by atoms with Crippen LogP contribution < -0.4 is 0 Å². The lowest BCUT2D eigenvalue weighted by Gasteiger charge is -2.06. The van der Waals surface area contributed by atoms with Gasteiger partial charge < -0.3 is 9.47 Å². The van der Waals surface area contributed by atoms with E-state index in [2.05, 4.69) is 13.8 Å². The van der Waals surface area contributed by atoms with E-state index < -0.39 is 0 Å². The minimum absolute atomic E-state index is 0.0590. The Morgan fingerprint density at radius 3 is 1.33 bits per heavy atom. The monoisotopic (exact) mass is 426 g/mol. The van der Waals surface area contributed by atoms with E-state index >= 15 is 0 Å². The number of unbranched alkanes of at least 4 members (excludes halogenated alkanes) is 18. The van der Waals surface area contributed by atoms with Crippen molar-refractivity contribution >= 4 is 5.97 Å². The molecular formula is C27H54O3. The molecular weight excluding hydrogens is 372 g/mol. The zero-order chi connectivity index (χ0) is 22.0. The van der Waals surface area contributed by atoms with Gasteiger partial charge >= 0.3 is 5.97 Å². The lowest BCUT2D eigenvalue weighted by molar-refractivity contribution is -0.145. The first kappa shape index (κ1) is 29.4. The van der Waals surface area contributed by atoms with Crippen LogP contribution in [0.1, 0.15) is 149 Å². The fraction of sp³-hybridized carbons (Fsp3) is 0.963. The molecule has 0 unspecified atom stereocenters. The zero-order valence-electron chi connectivity index (χ0n) is 20.7. The molecule has 0 aromatic rings. The molecule has 0 aromatic carbocycles. The molecule has 3 heteroatoms. The number of hydrogen-bond donors (Lipinski definition) is 0. The van der Waals surface area contributed by atoms with Crippen LogP contribution in [0.4, 0.5) is 0 Å². The van der Waals surface area contributed by atoms with Crippen molar-refractivity contribution in [2.45, 2.75) is 149 Å². The number of rotatable bonds is 25. The van der Waals surface area contributed by atoms with Crippen molar-refractivity contribution in [3.8, 4) is 0 Å². The predicted molar refractivity (Wildman–Crippen MR) is 130 cm³/mol. The van der Waals surface area contributed by atoms with Crippen LogP contribution in [0, 0.1) is 0 Å². The average molecular weight is 427 g/mol. The van der Waals surface area contributed by atoms with Crippen LogP contribution in [0.25, 0.3) is 0 Å². The molecule has 0 amide bonds. The highest BCUT2D eigenvalue weighted by molar-refractivity contribution is 5.69. The topological polar surface area (TPSA) is 35.5 Å². The summed E-state index contributed by atoms with van der Waals surface area (Å²) in [5.41, 5.74) is 0. The van der Waals surface area contributed by atoms with Crippen molar-refractivity contribution in [3.63, 3.8) is 0 Å². The minimum Gasteiger partial charge on any atom is -0.463 e. The smallest absolute Gasteiger partial charge is 0.305 e. The third kappa shape index (κ3) is 25.5. The van der Waals surface area contributed by atoms with Gasteiger partial charge in [-0.1, -0.05) is 129 Å². The van der Waals surface area contributed by atoms with Crippen LogP contribution in [0.15, 0.2) is 0 Å². The van der Waals surface area contributed by atoms with Crippen LogP contribution in [-0.4, -0.2) is 25.8 Å². The van der Waals surface area contributed by atoms with Gasteiger partial charge in [-0.15, -0.1) is 0 Å². The summed E-state index contributed by atoms with van der Waals surface area (Å²) >= 11 is 0. The van der Waals surface area contributed by atoms with E-state index in [-0.39, 0.29) is 5.97 Å². The maximum atomic E-state index is 11.7. The lowest BCUT2D eigenvalue weighted by atomic mass is 10.0. The second-order valence-corrected chi connectivity index (χ2v) is 8.95. The summed E-state index contributed by atoms with van der Waals surface area (Å²) in [6.07, 6.45) is 27.0. The summed E-state index contributed by atoms with van der Waals surface area (Å²) in [6.45, 7) is 6.25. The van der Waals surface area contributed by atoms with Crippen LogP contribution in [0.5, 0.6) is 0 Å². The third-order valence-electron chi connectivity index (χ3n) is 5.87. The molecule has 180 valence electrons. The Kier molecular flexibility index (Phi) is 26.0. The Morgan fingerprint density at radius 2 is 0.867 bits per heavy atom. The molecule has 0 fully saturated rings. The number of carbonyl (C=O) groups is 1. The van der Waals surface area contributed by atoms with E-state index in [9.17, 15) is 4.79 Å². The van der Waals surface area contributed by atoms with Crippen LogP contribution >= 0.6 is 0 Å². The lowest BCUT2D eigenvalue weighted by Crippen LogP contribution is -2.10. The minimum atomic E-state index is -0.0590. The van der Waals surface area contributed by atoms with E-state index in [0.717, 1.165) is 25.9 Å². The van der Waals surface area contributed by atoms with Crippen LogP contribution in [0.3, 0.4) is 0 Å². The second kappa shape index (κ2) is 26.5. The Balaban J connectivity index is 3.12. The first-order chi connectivity index (χ1) is 14.8. The van der Waals surface area contributed by atoms with E-state index in [1.54, 1.807) is 0 Å². The van der Waals surface area contributed by atoms with Gasteiger partial charge in [0.15, 0.2) is 0 Å². The zero-order valence-corrected chi connectivity index (χ0v) is 20.7. The quantitative estimate of drug-likeness (QED) is 0.108. The maximum absolute atomic E-state index is 11.7. The fourth-order valence-corrected chi connectivity index (χ4v) is 3.84. The van der Waals surface area contributed by atoms with Gasteiger partial charge in [-0.2, -0.15) is 0 Å². The predicted octanol–water partition coefficient (Wildman–Crippen LogP) is 8.78. The molecule has 0 aromatic heterocycles. The van der Waals surface area contributed by atoms with E-state index in [1.165, 1.54) is 109 Å². The number of esters is 1. The molecule has 0 atom stereocenters. The highest BCUT2D eigenvalue weighted by Crippen LogP contribution is 2.13. The van der Waals surface area contributed by atoms with E-state index in [0.29, 0.717) is 19.6 Å². The normalized spacial score (nSPS) is 11.1. The van der Waals surface area contributed by atoms with Gasteiger partial charge in [-0.25, -0.2) is 0 Å². The highest BCUT2D eigenvalue weighted by atomic mass is 16.6. The SMILES string of the molecule is CCCCCCCCCCCCCCCCCC(=O)OCCOCCCCCCC. The molecule has 30 heavy (non-hydrogen) atoms. The number of ether oxygens (including phenoxy) is 2. The molecule has 0 saturated heterocycles. The molecule has 0 saturated carbocycles. The Morgan fingerprint density at radius 1 is 0.467 bits per heavy atom. The standard InChI is InChI=1S/C27H54O3/c1-3-5-7-9-10-11-12-13-14-15-16-17-18-19-21-23-27(28)30-26-25-29-24-22-20-8-6-4-2/h3-26H2,1-2H3. The van der Waals surface area contributed by atoms with Crippen LogP contribution in [-0.2, 0) is 14.3 Å². The van der Waals surface area contributed by atoms with Crippen molar-refractivity contribution in [2.24, 2.45) is 0 Å². The summed E-state index contributed by atoms with van der Waals surface area (Å²) in [5.74, 6) is -0.0590. The van der Waals surface area contributed by atoms with E-state index in [1.807, 2.05) is 0 Å². The molecule has 0 rings (SSSR count). The van der Waals surface area contributed by atoms with E-state index in [4.69, 9.17) is 9.47 Å². The van der Waals surface area contributed by atoms with Gasteiger partial charge in [0.25, 0.3) is 0 Å². The summed E-state index contributed by atoms with van der Waals surface area (Å²) < 4.78 is 10.8. The van der Waals surface area contributed by atoms with Gasteiger partial charge in [-0.05, 0) is 12.8 Å². The van der Waals surface area contributed by atoms with Crippen molar-refractivity contribution in [3.05, 3.63) is 0 Å². The molecule has 0 aliphatic heterocycles. The molecule has 0 heterocycles. The van der Waals surface area contributed by atoms with Gasteiger partial charge in [0, 0.05) is 13.0 Å². The summed E-state index contributed by atoms with van der Waals surface area (Å²) in [6, 6.07) is 0. The molecule has 0 N–H and O–H groups in total. The summed E-state index contributed by atoms with van der Waals surface area (Å²) in [7, 11) is 0. The van der Waals surface area contributed by atoms with Crippen molar-refractivity contribution < 1.29 is 14.3 Å². The molecule has 0 spiro atoms. The van der Waals surface area contributed by atoms with Crippen molar-refractivity contribution in [1.29, 1.82) is 0 Å². The molecule has 3 nitrogen and oxygen atoms in total. The Hall–Kier alpha value is -0.570. The number of carbonyl (C=O) groups excluding carboxylic acids is 1. The van der Waals surface area contributed by atoms with Crippen molar-refractivity contribution in [2.75, 3.05) is 19.8 Å². The van der Waals surface area contributed by atoms with Crippen molar-refractivity contribution in [1.82, 2.24) is 0 Å². The Bertz CT molecular complexity index is 330. The van der Waals surface area contributed by atoms with Gasteiger partial charge in [0.2, 0.25) is 0 Å². The molecule has 0 aliphatic carbocycles. The van der Waals surface area contributed by atoms with Gasteiger partial charge in [0.1, 0.15) is 6.61 Å². The summed E-state index contributed by atoms with van der Waals surface area (Å²) in [5, 5.41) is 0. The van der Waals surface area contributed by atoms with Crippen LogP contribution in [0.2, 0.25) is 0 Å². The first-order valence-corrected chi connectivity index (χ1v) is 13.5. The second-order valence-electron chi connectivity index (χ2n) is 8.95. The van der Waals surface area contributed by atoms with Gasteiger partial charge in [-0.3, -0.25) is 4.79 Å². The molecule has 0 aliphatic rings. The fourth-order valence-electron chi connectivity index (χ4n) is 3.84. The molecule has 0 bridgehead atoms. The Labute approximate surface area is 189 Å². The first-order valence-electron chi connectivity index (χ1n) is 13.5. The molecule has 0 radical (unpaired) electrons. The average Bonchev–Trinajstić information content (AvgIpc) is 2.75. The number of hydrogen-bond acceptors (Lipinski definition) is 3. The summed E-state index contributed by atoms with van der Waals surface area (Å²) in [4.78, 5) is 11.7. The van der Waals surface area contributed by atoms with Gasteiger partial charge in [0.05, 0.1) is 6.61 Å². The maximum Gasteiger partial charge on any atom is 0.305 e. The largest absolute Gasteiger partial charge is 0.463 e. The highest BCUT2D eigenvalue weighted by Gasteiger charge is 2.02. The third-order valence-corrected chi connectivity index (χ3v) is 5.87.